The average Bonchev–Trinajstić information content (AvgIpc) is 3.00. The summed E-state index contributed by atoms with van der Waals surface area (Å²) in [4.78, 5) is 0.264. The van der Waals surface area contributed by atoms with Crippen LogP contribution in [-0.4, -0.2) is 23.2 Å². The van der Waals surface area contributed by atoms with Crippen molar-refractivity contribution in [2.45, 2.75) is 21.6 Å². The first-order chi connectivity index (χ1) is 12.5. The lowest BCUT2D eigenvalue weighted by Crippen LogP contribution is -2.09. The normalized spacial score (nSPS) is 11.2. The van der Waals surface area contributed by atoms with Crippen LogP contribution in [0.2, 0.25) is 0 Å². The Morgan fingerprint density at radius 1 is 1.08 bits per heavy atom. The average molecular weight is 384 g/mol. The van der Waals surface area contributed by atoms with Gasteiger partial charge in [0, 0.05) is 12.8 Å². The first-order valence-corrected chi connectivity index (χ1v) is 10.4. The van der Waals surface area contributed by atoms with Gasteiger partial charge in [0.15, 0.2) is 15.0 Å². The van der Waals surface area contributed by atoms with Crippen molar-refractivity contribution in [1.29, 1.82) is 5.26 Å². The Kier molecular flexibility index (Phi) is 5.40. The van der Waals surface area contributed by atoms with Gasteiger partial charge in [-0.3, -0.25) is 0 Å². The van der Waals surface area contributed by atoms with Crippen molar-refractivity contribution in [3.63, 3.8) is 0 Å². The molecule has 0 aliphatic rings. The van der Waals surface area contributed by atoms with Gasteiger partial charge in [-0.25, -0.2) is 8.42 Å². The highest BCUT2D eigenvalue weighted by Gasteiger charge is 2.20. The minimum Gasteiger partial charge on any atom is -0.308 e. The van der Waals surface area contributed by atoms with E-state index in [9.17, 15) is 8.42 Å². The summed E-state index contributed by atoms with van der Waals surface area (Å²) in [6.07, 6.45) is 0. The van der Waals surface area contributed by atoms with E-state index in [1.807, 2.05) is 18.2 Å². The van der Waals surface area contributed by atoms with Crippen LogP contribution in [0, 0.1) is 11.3 Å². The summed E-state index contributed by atoms with van der Waals surface area (Å²) in [6, 6.07) is 17.8. The van der Waals surface area contributed by atoms with Gasteiger partial charge in [-0.15, -0.1) is 10.2 Å². The van der Waals surface area contributed by atoms with Crippen molar-refractivity contribution in [2.75, 3.05) is 0 Å². The maximum atomic E-state index is 12.5. The topological polar surface area (TPSA) is 88.6 Å². The van der Waals surface area contributed by atoms with Gasteiger partial charge in [-0.1, -0.05) is 48.2 Å². The van der Waals surface area contributed by atoms with Crippen LogP contribution in [-0.2, 0) is 28.4 Å². The molecule has 1 heterocycles. The molecule has 0 unspecified atom stereocenters. The van der Waals surface area contributed by atoms with Crippen LogP contribution in [0.1, 0.15) is 17.0 Å². The molecular weight excluding hydrogens is 368 g/mol. The molecule has 0 spiro atoms. The molecule has 2 aromatic carbocycles. The van der Waals surface area contributed by atoms with E-state index in [4.69, 9.17) is 5.26 Å². The monoisotopic (exact) mass is 384 g/mol. The van der Waals surface area contributed by atoms with Crippen LogP contribution in [0.5, 0.6) is 0 Å². The number of nitrogens with zero attached hydrogens (tertiary/aromatic N) is 4. The quantitative estimate of drug-likeness (QED) is 0.607. The third-order valence-electron chi connectivity index (χ3n) is 3.84. The third-order valence-corrected chi connectivity index (χ3v) is 6.54. The summed E-state index contributed by atoms with van der Waals surface area (Å²) < 4.78 is 26.7. The molecule has 0 amide bonds. The second-order valence-electron chi connectivity index (χ2n) is 5.59. The van der Waals surface area contributed by atoms with Gasteiger partial charge in [0.2, 0.25) is 0 Å². The first-order valence-electron chi connectivity index (χ1n) is 7.78. The fraction of sp³-hybridized carbons (Fsp3) is 0.167. The van der Waals surface area contributed by atoms with Crippen LogP contribution >= 0.6 is 11.8 Å². The molecule has 0 atom stereocenters. The standard InChI is InChI=1S/C18H16N4O2S2/c1-22-17(13-26(23,24)16-9-3-2-4-10-16)20-21-18(22)25-12-15-8-6-5-7-14(15)11-19/h2-10H,12-13H2,1H3. The van der Waals surface area contributed by atoms with Gasteiger partial charge in [0.25, 0.3) is 0 Å². The number of rotatable bonds is 6. The van der Waals surface area contributed by atoms with Crippen LogP contribution in [0.25, 0.3) is 0 Å². The Labute approximate surface area is 156 Å². The van der Waals surface area contributed by atoms with Gasteiger partial charge < -0.3 is 4.57 Å². The molecule has 8 heteroatoms. The zero-order chi connectivity index (χ0) is 18.6. The van der Waals surface area contributed by atoms with E-state index >= 15 is 0 Å². The number of aromatic nitrogens is 3. The predicted molar refractivity (Wildman–Crippen MR) is 99.1 cm³/mol. The van der Waals surface area contributed by atoms with Gasteiger partial charge >= 0.3 is 0 Å². The molecule has 1 aromatic heterocycles. The Hall–Kier alpha value is -2.63. The van der Waals surface area contributed by atoms with Crippen LogP contribution in [0.4, 0.5) is 0 Å². The van der Waals surface area contributed by atoms with Gasteiger partial charge in [-0.2, -0.15) is 5.26 Å². The smallest absolute Gasteiger partial charge is 0.191 e. The Morgan fingerprint density at radius 2 is 1.77 bits per heavy atom. The van der Waals surface area contributed by atoms with Crippen LogP contribution in [0.15, 0.2) is 64.6 Å². The number of benzene rings is 2. The highest BCUT2D eigenvalue weighted by atomic mass is 32.2. The SMILES string of the molecule is Cn1c(CS(=O)(=O)c2ccccc2)nnc1SCc1ccccc1C#N. The molecule has 0 saturated carbocycles. The summed E-state index contributed by atoms with van der Waals surface area (Å²) in [6.45, 7) is 0. The predicted octanol–water partition coefficient (Wildman–Crippen LogP) is 2.95. The molecule has 0 radical (unpaired) electrons. The van der Waals surface area contributed by atoms with E-state index in [0.717, 1.165) is 5.56 Å². The highest BCUT2D eigenvalue weighted by molar-refractivity contribution is 7.98. The van der Waals surface area contributed by atoms with Crippen molar-refractivity contribution in [2.24, 2.45) is 7.05 Å². The van der Waals surface area contributed by atoms with Crippen molar-refractivity contribution >= 4 is 21.6 Å². The molecule has 0 saturated heterocycles. The Morgan fingerprint density at radius 3 is 2.50 bits per heavy atom. The highest BCUT2D eigenvalue weighted by Crippen LogP contribution is 2.24. The maximum absolute atomic E-state index is 12.5. The summed E-state index contributed by atoms with van der Waals surface area (Å²) in [5.41, 5.74) is 1.52. The molecule has 26 heavy (non-hydrogen) atoms. The van der Waals surface area contributed by atoms with Crippen molar-refractivity contribution in [1.82, 2.24) is 14.8 Å². The van der Waals surface area contributed by atoms with E-state index in [1.165, 1.54) is 11.8 Å². The molecule has 0 aliphatic carbocycles. The molecule has 0 aliphatic heterocycles. The van der Waals surface area contributed by atoms with Crippen LogP contribution in [0.3, 0.4) is 0 Å². The number of nitriles is 1. The number of thioether (sulfide) groups is 1. The molecule has 3 rings (SSSR count). The fourth-order valence-electron chi connectivity index (χ4n) is 2.38. The maximum Gasteiger partial charge on any atom is 0.191 e. The summed E-state index contributed by atoms with van der Waals surface area (Å²) >= 11 is 1.42. The molecule has 6 nitrogen and oxygen atoms in total. The molecule has 0 fully saturated rings. The van der Waals surface area contributed by atoms with Crippen molar-refractivity contribution in [3.05, 3.63) is 71.5 Å². The minimum atomic E-state index is -3.48. The lowest BCUT2D eigenvalue weighted by atomic mass is 10.1. The number of hydrogen-bond acceptors (Lipinski definition) is 6. The minimum absolute atomic E-state index is 0.212. The molecule has 0 N–H and O–H groups in total. The van der Waals surface area contributed by atoms with E-state index in [1.54, 1.807) is 48.0 Å². The zero-order valence-electron chi connectivity index (χ0n) is 14.0. The summed E-state index contributed by atoms with van der Waals surface area (Å²) in [7, 11) is -1.73. The molecule has 132 valence electrons. The summed E-state index contributed by atoms with van der Waals surface area (Å²) in [5.74, 6) is 0.724. The first kappa shape index (κ1) is 18.2. The molecular formula is C18H16N4O2S2. The second kappa shape index (κ2) is 7.72. The lowest BCUT2D eigenvalue weighted by Gasteiger charge is -2.06. The van der Waals surface area contributed by atoms with Crippen molar-refractivity contribution < 1.29 is 8.42 Å². The van der Waals surface area contributed by atoms with Crippen LogP contribution < -0.4 is 0 Å². The molecule has 0 bridgehead atoms. The van der Waals surface area contributed by atoms with E-state index in [2.05, 4.69) is 16.3 Å². The Balaban J connectivity index is 1.75. The van der Waals surface area contributed by atoms with Crippen molar-refractivity contribution in [3.8, 4) is 6.07 Å². The largest absolute Gasteiger partial charge is 0.308 e. The second-order valence-corrected chi connectivity index (χ2v) is 8.52. The Bertz CT molecular complexity index is 1050. The summed E-state index contributed by atoms with van der Waals surface area (Å²) in [5, 5.41) is 17.9. The van der Waals surface area contributed by atoms with E-state index in [0.29, 0.717) is 22.3 Å². The van der Waals surface area contributed by atoms with Gasteiger partial charge in [0.05, 0.1) is 16.5 Å². The third kappa shape index (κ3) is 3.95. The fourth-order valence-corrected chi connectivity index (χ4v) is 4.64. The van der Waals surface area contributed by atoms with E-state index < -0.39 is 9.84 Å². The van der Waals surface area contributed by atoms with Gasteiger partial charge in [-0.05, 0) is 23.8 Å². The number of sulfone groups is 1. The molecule has 3 aromatic rings. The van der Waals surface area contributed by atoms with E-state index in [-0.39, 0.29) is 10.6 Å². The lowest BCUT2D eigenvalue weighted by molar-refractivity contribution is 0.591. The zero-order valence-corrected chi connectivity index (χ0v) is 15.7. The van der Waals surface area contributed by atoms with Gasteiger partial charge in [0.1, 0.15) is 11.6 Å². The number of hydrogen-bond donors (Lipinski definition) is 0.